The van der Waals surface area contributed by atoms with Crippen LogP contribution in [-0.4, -0.2) is 102 Å². The van der Waals surface area contributed by atoms with Crippen molar-refractivity contribution in [2.24, 2.45) is 16.7 Å². The molecule has 4 aromatic rings. The van der Waals surface area contributed by atoms with Crippen LogP contribution in [0.15, 0.2) is 72.9 Å². The molecule has 3 aromatic carbocycles. The zero-order valence-corrected chi connectivity index (χ0v) is 38.1. The number of halogens is 1. The van der Waals surface area contributed by atoms with E-state index in [2.05, 4.69) is 37.2 Å². The molecule has 65 heavy (non-hydrogen) atoms. The number of ether oxygens (including phenoxy) is 5. The van der Waals surface area contributed by atoms with Crippen LogP contribution in [0.25, 0.3) is 10.9 Å². The van der Waals surface area contributed by atoms with E-state index in [4.69, 9.17) is 23.7 Å². The van der Waals surface area contributed by atoms with Crippen LogP contribution in [0.5, 0.6) is 17.2 Å². The molecule has 0 bridgehead atoms. The Labute approximate surface area is 380 Å². The lowest BCUT2D eigenvalue weighted by Crippen LogP contribution is -2.53. The fourth-order valence-corrected chi connectivity index (χ4v) is 7.78. The number of fused-ring (bicyclic) bond motifs is 1. The highest BCUT2D eigenvalue weighted by Gasteiger charge is 2.56. The Morgan fingerprint density at radius 1 is 0.815 bits per heavy atom. The first-order chi connectivity index (χ1) is 31.3. The molecule has 1 aliphatic carbocycles. The van der Waals surface area contributed by atoms with Crippen LogP contribution in [0.3, 0.4) is 0 Å². The molecule has 6 rings (SSSR count). The molecule has 1 saturated carbocycles. The van der Waals surface area contributed by atoms with Gasteiger partial charge in [-0.05, 0) is 117 Å². The van der Waals surface area contributed by atoms with E-state index in [0.29, 0.717) is 74.7 Å². The van der Waals surface area contributed by atoms with Gasteiger partial charge < -0.3 is 49.9 Å². The van der Waals surface area contributed by atoms with Gasteiger partial charge in [-0.15, -0.1) is 0 Å². The van der Waals surface area contributed by atoms with Crippen molar-refractivity contribution < 1.29 is 47.3 Å². The van der Waals surface area contributed by atoms with Gasteiger partial charge in [-0.3, -0.25) is 24.2 Å². The van der Waals surface area contributed by atoms with E-state index in [1.165, 1.54) is 24.3 Å². The molecule has 0 spiro atoms. The molecule has 4 amide bonds. The quantitative estimate of drug-likeness (QED) is 0.0436. The number of nitrogens with one attached hydrogen (secondary N) is 4. The summed E-state index contributed by atoms with van der Waals surface area (Å²) in [4.78, 5) is 57.6. The first-order valence-electron chi connectivity index (χ1n) is 22.4. The van der Waals surface area contributed by atoms with E-state index in [1.807, 2.05) is 26.8 Å². The zero-order valence-electron chi connectivity index (χ0n) is 38.1. The van der Waals surface area contributed by atoms with Crippen molar-refractivity contribution in [3.8, 4) is 17.2 Å². The fourth-order valence-electron chi connectivity index (χ4n) is 7.78. The SMILES string of the molecule is CNC(=O)[C@@H](NC(=O)CCOCCOCCOCCCC1CCN(c2cc3nccc(Oc4ccc(NC(=O)C5(C(=O)Nc6ccc(F)cc6)CC5)cc4)c3cc2OC)CC1)C(C)(C)C. The maximum absolute atomic E-state index is 13.3. The number of nitrogens with zero attached hydrogens (tertiary/aromatic N) is 2. The second-order valence-electron chi connectivity index (χ2n) is 17.6. The molecule has 1 aromatic heterocycles. The lowest BCUT2D eigenvalue weighted by Gasteiger charge is -2.34. The third-order valence-electron chi connectivity index (χ3n) is 11.8. The Hall–Kier alpha value is -5.84. The highest BCUT2D eigenvalue weighted by molar-refractivity contribution is 6.17. The number of likely N-dealkylation sites (N-methyl/N-ethyl adjacent to an activating group) is 1. The molecular formula is C49H63FN6O9. The minimum atomic E-state index is -1.17. The largest absolute Gasteiger partial charge is 0.495 e. The first-order valence-corrected chi connectivity index (χ1v) is 22.4. The molecule has 0 unspecified atom stereocenters. The van der Waals surface area contributed by atoms with Crippen molar-refractivity contribution in [3.05, 3.63) is 78.7 Å². The summed E-state index contributed by atoms with van der Waals surface area (Å²) >= 11 is 0. The Bertz CT molecular complexity index is 2220. The molecule has 16 heteroatoms. The predicted molar refractivity (Wildman–Crippen MR) is 247 cm³/mol. The third-order valence-corrected chi connectivity index (χ3v) is 11.8. The average Bonchev–Trinajstić information content (AvgIpc) is 4.12. The number of aromatic nitrogens is 1. The van der Waals surface area contributed by atoms with E-state index in [1.54, 1.807) is 50.7 Å². The molecule has 2 aliphatic rings. The Morgan fingerprint density at radius 3 is 2.00 bits per heavy atom. The summed E-state index contributed by atoms with van der Waals surface area (Å²) in [6, 6.07) is 17.6. The van der Waals surface area contributed by atoms with Gasteiger partial charge in [0.15, 0.2) is 0 Å². The van der Waals surface area contributed by atoms with Crippen LogP contribution >= 0.6 is 0 Å². The normalized spacial score (nSPS) is 15.2. The van der Waals surface area contributed by atoms with Crippen molar-refractivity contribution in [1.82, 2.24) is 15.6 Å². The standard InChI is InChI=1S/C49H63FN6O9/c1-48(2,3)44(45(58)51-4)55-43(57)19-26-63-28-30-64-29-27-62-25-6-7-33-17-23-56(24-18-33)40-32-39-38(31-42(40)61-5)41(16-22-52-39)65-37-14-12-36(13-15-37)54-47(60)49(20-21-49)46(59)53-35-10-8-34(50)9-11-35/h8-16,22,31-33,44H,6-7,17-21,23-30H2,1-5H3,(H,51,58)(H,53,59)(H,54,60)(H,55,57)/t44-/m1/s1. The summed E-state index contributed by atoms with van der Waals surface area (Å²) in [7, 11) is 3.22. The van der Waals surface area contributed by atoms with Crippen molar-refractivity contribution in [2.45, 2.75) is 71.8 Å². The van der Waals surface area contributed by atoms with Crippen LogP contribution < -0.4 is 35.6 Å². The van der Waals surface area contributed by atoms with Crippen molar-refractivity contribution >= 4 is 51.6 Å². The van der Waals surface area contributed by atoms with E-state index in [9.17, 15) is 23.6 Å². The Balaban J connectivity index is 0.872. The summed E-state index contributed by atoms with van der Waals surface area (Å²) in [5.41, 5.74) is 1.16. The Morgan fingerprint density at radius 2 is 1.42 bits per heavy atom. The number of carbonyl (C=O) groups excluding carboxylic acids is 4. The Kier molecular flexibility index (Phi) is 17.1. The van der Waals surface area contributed by atoms with Crippen LogP contribution in [0.4, 0.5) is 21.5 Å². The molecule has 2 heterocycles. The lowest BCUT2D eigenvalue weighted by atomic mass is 9.86. The van der Waals surface area contributed by atoms with E-state index in [0.717, 1.165) is 61.1 Å². The van der Waals surface area contributed by atoms with Crippen LogP contribution in [0.1, 0.15) is 65.7 Å². The highest BCUT2D eigenvalue weighted by Crippen LogP contribution is 2.48. The highest BCUT2D eigenvalue weighted by atomic mass is 19.1. The van der Waals surface area contributed by atoms with Gasteiger partial charge >= 0.3 is 0 Å². The van der Waals surface area contributed by atoms with E-state index < -0.39 is 34.5 Å². The minimum absolute atomic E-state index is 0.166. The maximum Gasteiger partial charge on any atom is 0.242 e. The van der Waals surface area contributed by atoms with Crippen molar-refractivity contribution in [1.29, 1.82) is 0 Å². The third kappa shape index (κ3) is 13.6. The number of anilines is 3. The fraction of sp³-hybridized carbons (Fsp3) is 0.490. The van der Waals surface area contributed by atoms with Crippen LogP contribution in [0, 0.1) is 22.6 Å². The molecule has 4 N–H and O–H groups in total. The molecule has 0 radical (unpaired) electrons. The molecule has 15 nitrogen and oxygen atoms in total. The first kappa shape index (κ1) is 48.6. The topological polar surface area (TPSA) is 179 Å². The van der Waals surface area contributed by atoms with Gasteiger partial charge in [0.05, 0.1) is 51.3 Å². The van der Waals surface area contributed by atoms with Crippen molar-refractivity contribution in [3.63, 3.8) is 0 Å². The maximum atomic E-state index is 13.3. The number of hydrogen-bond acceptors (Lipinski definition) is 11. The minimum Gasteiger partial charge on any atom is -0.495 e. The molecule has 1 atom stereocenters. The summed E-state index contributed by atoms with van der Waals surface area (Å²) in [5.74, 6) is 0.848. The molecule has 1 saturated heterocycles. The number of pyridine rings is 1. The molecular weight excluding hydrogens is 836 g/mol. The number of rotatable bonds is 23. The van der Waals surface area contributed by atoms with Crippen LogP contribution in [-0.2, 0) is 33.4 Å². The number of carbonyl (C=O) groups is 4. The average molecular weight is 899 g/mol. The smallest absolute Gasteiger partial charge is 0.242 e. The van der Waals surface area contributed by atoms with Gasteiger partial charge in [0.25, 0.3) is 0 Å². The second kappa shape index (κ2) is 22.9. The number of piperidine rings is 1. The summed E-state index contributed by atoms with van der Waals surface area (Å²) in [6.07, 6.45) is 6.94. The van der Waals surface area contributed by atoms with Crippen LogP contribution in [0.2, 0.25) is 0 Å². The van der Waals surface area contributed by atoms with Gasteiger partial charge in [-0.1, -0.05) is 20.8 Å². The number of benzene rings is 3. The van der Waals surface area contributed by atoms with E-state index >= 15 is 0 Å². The number of amides is 4. The lowest BCUT2D eigenvalue weighted by molar-refractivity contribution is -0.131. The summed E-state index contributed by atoms with van der Waals surface area (Å²) in [6.45, 7) is 10.2. The van der Waals surface area contributed by atoms with E-state index in [-0.39, 0.29) is 24.8 Å². The molecule has 1 aliphatic heterocycles. The van der Waals surface area contributed by atoms with Gasteiger partial charge in [0, 0.05) is 56.1 Å². The monoisotopic (exact) mass is 898 g/mol. The zero-order chi connectivity index (χ0) is 46.4. The molecule has 350 valence electrons. The second-order valence-corrected chi connectivity index (χ2v) is 17.6. The number of methoxy groups -OCH3 is 1. The van der Waals surface area contributed by atoms with Gasteiger partial charge in [0.2, 0.25) is 23.6 Å². The predicted octanol–water partition coefficient (Wildman–Crippen LogP) is 7.25. The van der Waals surface area contributed by atoms with Gasteiger partial charge in [0.1, 0.15) is 34.5 Å². The number of hydrogen-bond donors (Lipinski definition) is 4. The van der Waals surface area contributed by atoms with Gasteiger partial charge in [-0.2, -0.15) is 0 Å². The summed E-state index contributed by atoms with van der Waals surface area (Å²) < 4.78 is 42.5. The van der Waals surface area contributed by atoms with Gasteiger partial charge in [-0.25, -0.2) is 4.39 Å². The molecule has 2 fully saturated rings. The van der Waals surface area contributed by atoms with Crippen molar-refractivity contribution in [2.75, 3.05) is 82.4 Å². The summed E-state index contributed by atoms with van der Waals surface area (Å²) in [5, 5.41) is 11.8.